The maximum absolute atomic E-state index is 13.5. The molecule has 0 aliphatic carbocycles. The summed E-state index contributed by atoms with van der Waals surface area (Å²) in [5.41, 5.74) is -0.303. The summed E-state index contributed by atoms with van der Waals surface area (Å²) in [6.07, 6.45) is -19.6. The summed E-state index contributed by atoms with van der Waals surface area (Å²) < 4.78 is 162. The molecule has 0 amide bonds. The van der Waals surface area contributed by atoms with Gasteiger partial charge in [-0.15, -0.1) is 56.9 Å². The van der Waals surface area contributed by atoms with Gasteiger partial charge in [0, 0.05) is 9.52 Å². The van der Waals surface area contributed by atoms with Gasteiger partial charge < -0.3 is 0 Å². The second kappa shape index (κ2) is 23.3. The van der Waals surface area contributed by atoms with Gasteiger partial charge in [-0.2, -0.15) is 64.8 Å². The average Bonchev–Trinajstić information content (AvgIpc) is 3.94. The van der Waals surface area contributed by atoms with Gasteiger partial charge >= 0.3 is 62.6 Å². The molecule has 0 saturated carbocycles. The van der Waals surface area contributed by atoms with Crippen molar-refractivity contribution in [3.05, 3.63) is 179 Å². The predicted octanol–water partition coefficient (Wildman–Crippen LogP) is 20.3. The topological polar surface area (TPSA) is 0 Å². The molecule has 0 aliphatic heterocycles. The van der Waals surface area contributed by atoms with E-state index in [-0.39, 0.29) is 35.1 Å². The Bertz CT molecular complexity index is 2710. The molecule has 8 aromatic rings. The van der Waals surface area contributed by atoms with Crippen molar-refractivity contribution in [2.24, 2.45) is 0 Å². The predicted molar refractivity (Wildman–Crippen MR) is 258 cm³/mol. The quantitative estimate of drug-likeness (QED) is 0.0884. The van der Waals surface area contributed by atoms with Crippen LogP contribution in [0.25, 0.3) is 66.1 Å². The molecule has 0 saturated heterocycles. The second-order valence-electron chi connectivity index (χ2n) is 16.8. The van der Waals surface area contributed by atoms with E-state index in [4.69, 9.17) is 17.0 Å². The molecular weight excluding hydrogens is 1070 g/mol. The van der Waals surface area contributed by atoms with Gasteiger partial charge in [0.1, 0.15) is 0 Å². The van der Waals surface area contributed by atoms with Crippen LogP contribution in [0.5, 0.6) is 0 Å². The van der Waals surface area contributed by atoms with Crippen LogP contribution in [0.15, 0.2) is 146 Å². The van der Waals surface area contributed by atoms with E-state index in [9.17, 15) is 52.7 Å². The first-order valence-corrected chi connectivity index (χ1v) is 29.8. The van der Waals surface area contributed by atoms with Crippen molar-refractivity contribution in [2.75, 3.05) is 0 Å². The first-order valence-electron chi connectivity index (χ1n) is 21.4. The maximum atomic E-state index is 13.5. The summed E-state index contributed by atoms with van der Waals surface area (Å²) in [6, 6.07) is 36.2. The summed E-state index contributed by atoms with van der Waals surface area (Å²) in [5.74, 6) is 0.311. The molecule has 0 aliphatic rings. The van der Waals surface area contributed by atoms with E-state index < -0.39 is 67.8 Å². The van der Waals surface area contributed by atoms with Gasteiger partial charge in [-0.05, 0) is 81.6 Å². The molecule has 0 spiro atoms. The number of hydrogen-bond acceptors (Lipinski definition) is 0. The Labute approximate surface area is 419 Å². The molecule has 16 heteroatoms. The van der Waals surface area contributed by atoms with Gasteiger partial charge in [0.05, 0.1) is 22.3 Å². The summed E-state index contributed by atoms with van der Waals surface area (Å²) in [6.45, 7) is 12.2. The molecule has 366 valence electrons. The molecule has 0 aromatic heterocycles. The minimum absolute atomic E-state index is 0.113. The van der Waals surface area contributed by atoms with E-state index in [2.05, 4.69) is 13.1 Å². The van der Waals surface area contributed by atoms with Gasteiger partial charge in [0.15, 0.2) is 0 Å². The summed E-state index contributed by atoms with van der Waals surface area (Å²) in [5, 5.41) is 2.80. The van der Waals surface area contributed by atoms with E-state index in [1.165, 1.54) is 0 Å². The number of rotatable bonds is 6. The van der Waals surface area contributed by atoms with Gasteiger partial charge in [-0.25, -0.2) is 0 Å². The minimum atomic E-state index is -4.91. The summed E-state index contributed by atoms with van der Waals surface area (Å²) in [4.78, 5) is 0. The van der Waals surface area contributed by atoms with Crippen LogP contribution >= 0.6 is 17.0 Å². The Morgan fingerprint density at radius 2 is 0.686 bits per heavy atom. The van der Waals surface area contributed by atoms with E-state index >= 15 is 0 Å². The van der Waals surface area contributed by atoms with Crippen LogP contribution in [0.3, 0.4) is 0 Å². The van der Waals surface area contributed by atoms with E-state index in [0.717, 1.165) is 55.7 Å². The van der Waals surface area contributed by atoms with Crippen LogP contribution < -0.4 is 0 Å². The standard InChI is InChI=1S/2C26H19F6.C2H6Si.2ClH.Zr/c2*1-15(2)18-10-17-8-9-22(16-6-4-3-5-7-16)24(23(17)13-18)19-11-20(25(27,28)29)14-21(12-19)26(30,31)32;1-3-2;;;/h2*3-15H,1-2H3;1-2H3;2*1H;/q2*-1;;;;+4/p-2. The number of halogens is 14. The third-order valence-electron chi connectivity index (χ3n) is 11.1. The molecule has 0 unspecified atom stereocenters. The first-order chi connectivity index (χ1) is 32.7. The van der Waals surface area contributed by atoms with Gasteiger partial charge in [-0.1, -0.05) is 125 Å². The van der Waals surface area contributed by atoms with Crippen LogP contribution in [0.4, 0.5) is 52.7 Å². The molecule has 8 aromatic carbocycles. The van der Waals surface area contributed by atoms with Crippen molar-refractivity contribution in [3.8, 4) is 44.5 Å². The van der Waals surface area contributed by atoms with E-state index in [0.29, 0.717) is 44.2 Å². The normalized spacial score (nSPS) is 12.0. The van der Waals surface area contributed by atoms with Crippen LogP contribution in [-0.2, 0) is 45.6 Å². The third kappa shape index (κ3) is 13.9. The van der Waals surface area contributed by atoms with Crippen molar-refractivity contribution < 1.29 is 73.5 Å². The van der Waals surface area contributed by atoms with E-state index in [1.807, 2.05) is 64.1 Å². The number of fused-ring (bicyclic) bond motifs is 2. The fraction of sp³-hybridized carbons (Fsp3) is 0.222. The van der Waals surface area contributed by atoms with Gasteiger partial charge in [-0.3, -0.25) is 0 Å². The molecule has 0 nitrogen and oxygen atoms in total. The Morgan fingerprint density at radius 3 is 0.929 bits per heavy atom. The molecule has 2 radical (unpaired) electrons. The first kappa shape index (κ1) is 56.3. The third-order valence-corrected chi connectivity index (χ3v) is 11.1. The monoisotopic (exact) mass is 1110 g/mol. The van der Waals surface area contributed by atoms with Crippen molar-refractivity contribution in [1.82, 2.24) is 0 Å². The molecular formula is C54H44Cl2F12SiZr. The van der Waals surface area contributed by atoms with Crippen LogP contribution in [-0.4, -0.2) is 9.52 Å². The molecule has 0 fully saturated rings. The zero-order chi connectivity index (χ0) is 51.9. The van der Waals surface area contributed by atoms with Crippen molar-refractivity contribution in [2.45, 2.75) is 77.3 Å². The Hall–Kier alpha value is -4.62. The molecule has 0 N–H and O–H groups in total. The molecule has 8 rings (SSSR count). The fourth-order valence-corrected chi connectivity index (χ4v) is 7.81. The fourth-order valence-electron chi connectivity index (χ4n) is 7.81. The van der Waals surface area contributed by atoms with Gasteiger partial charge in [0.2, 0.25) is 0 Å². The van der Waals surface area contributed by atoms with Crippen molar-refractivity contribution in [1.29, 1.82) is 0 Å². The molecule has 0 heterocycles. The zero-order valence-corrected chi connectivity index (χ0v) is 43.3. The van der Waals surface area contributed by atoms with Gasteiger partial charge in [0.25, 0.3) is 0 Å². The van der Waals surface area contributed by atoms with Crippen molar-refractivity contribution in [3.63, 3.8) is 0 Å². The Balaban J connectivity index is 0.000000235. The number of benzene rings is 6. The average molecular weight is 1110 g/mol. The number of alkyl halides is 12. The number of hydrogen-bond donors (Lipinski definition) is 0. The molecule has 70 heavy (non-hydrogen) atoms. The molecule has 0 bridgehead atoms. The Morgan fingerprint density at radius 1 is 0.414 bits per heavy atom. The van der Waals surface area contributed by atoms with Crippen LogP contribution in [0.2, 0.25) is 13.1 Å². The zero-order valence-electron chi connectivity index (χ0n) is 38.3. The van der Waals surface area contributed by atoms with Crippen LogP contribution in [0.1, 0.15) is 72.9 Å². The van der Waals surface area contributed by atoms with Crippen LogP contribution in [0, 0.1) is 0 Å². The molecule has 0 atom stereocenters. The van der Waals surface area contributed by atoms with E-state index in [1.54, 1.807) is 72.8 Å². The summed E-state index contributed by atoms with van der Waals surface area (Å²) >= 11 is -0.826. The van der Waals surface area contributed by atoms with Crippen molar-refractivity contribution >= 4 is 48.1 Å². The Kier molecular flexibility index (Phi) is 18.7. The summed E-state index contributed by atoms with van der Waals surface area (Å²) in [7, 11) is 11.0. The SMILES string of the molecule is CC(C)c1cc2c(-c3cc(C(F)(F)F)cc(C(F)(F)F)c3)c(-c3ccccc3)ccc2[cH-]1.CC(C)c1cc2c(-c3cc(C(F)(F)F)cc(C(F)(F)F)c3)c(-c3ccccc3)ccc2[cH-]1.C[Si]C.[Cl][Zr+2][Cl]. The second-order valence-corrected chi connectivity index (χ2v) is 21.5.